The molecule has 1 aromatic carbocycles. The lowest BCUT2D eigenvalue weighted by Crippen LogP contribution is -2.34. The molecular formula is C27H35BrN4O4Si. The van der Waals surface area contributed by atoms with E-state index >= 15 is 0 Å². The van der Waals surface area contributed by atoms with E-state index < -0.39 is 14.2 Å². The maximum atomic E-state index is 12.9. The Hall–Kier alpha value is -2.69. The number of hydrogen-bond acceptors (Lipinski definition) is 5. The molecule has 1 aliphatic carbocycles. The van der Waals surface area contributed by atoms with Crippen LogP contribution < -0.4 is 10.0 Å². The van der Waals surface area contributed by atoms with Crippen LogP contribution >= 0.6 is 15.9 Å². The van der Waals surface area contributed by atoms with E-state index in [0.29, 0.717) is 30.6 Å². The van der Waals surface area contributed by atoms with Gasteiger partial charge in [0.05, 0.1) is 23.5 Å². The molecule has 1 fully saturated rings. The number of pyridine rings is 1. The Balaban J connectivity index is 1.69. The smallest absolute Gasteiger partial charge is 0.411 e. The Labute approximate surface area is 227 Å². The predicted molar refractivity (Wildman–Crippen MR) is 150 cm³/mol. The van der Waals surface area contributed by atoms with Gasteiger partial charge in [-0.1, -0.05) is 44.6 Å². The molecule has 1 aliphatic rings. The minimum atomic E-state index is -1.24. The average Bonchev–Trinajstić information content (AvgIpc) is 3.57. The molecule has 2 heterocycles. The number of aromatic nitrogens is 3. The lowest BCUT2D eigenvalue weighted by atomic mass is 9.96. The van der Waals surface area contributed by atoms with Crippen molar-refractivity contribution in [3.8, 4) is 11.3 Å². The van der Waals surface area contributed by atoms with Gasteiger partial charge in [-0.05, 0) is 58.1 Å². The number of anilines is 1. The summed E-state index contributed by atoms with van der Waals surface area (Å²) in [5.74, 6) is 1.28. The first-order valence-corrected chi connectivity index (χ1v) is 17.1. The van der Waals surface area contributed by atoms with Crippen LogP contribution in [0.1, 0.15) is 36.7 Å². The van der Waals surface area contributed by atoms with Crippen LogP contribution in [0.4, 0.5) is 10.5 Å². The first-order valence-electron chi connectivity index (χ1n) is 12.6. The van der Waals surface area contributed by atoms with Crippen LogP contribution in [0, 0.1) is 11.1 Å². The van der Waals surface area contributed by atoms with Crippen LogP contribution in [0.5, 0.6) is 0 Å². The molecule has 4 rings (SSSR count). The molecule has 1 amide bonds. The maximum absolute atomic E-state index is 12.9. The number of ether oxygens (including phenoxy) is 2. The van der Waals surface area contributed by atoms with Crippen molar-refractivity contribution < 1.29 is 19.0 Å². The Morgan fingerprint density at radius 2 is 1.97 bits per heavy atom. The number of nitrogens with one attached hydrogen (secondary N) is 1. The van der Waals surface area contributed by atoms with Gasteiger partial charge in [0, 0.05) is 26.4 Å². The Morgan fingerprint density at radius 3 is 2.59 bits per heavy atom. The molecule has 1 N–H and O–H groups in total. The molecule has 8 nitrogen and oxygen atoms in total. The molecule has 0 saturated heterocycles. The number of imidazole rings is 1. The largest absolute Gasteiger partial charge is 0.618 e. The van der Waals surface area contributed by atoms with Gasteiger partial charge in [0.1, 0.15) is 18.5 Å². The summed E-state index contributed by atoms with van der Waals surface area (Å²) in [7, 11) is 0.0963. The second-order valence-electron chi connectivity index (χ2n) is 10.8. The summed E-state index contributed by atoms with van der Waals surface area (Å²) >= 11 is 3.40. The summed E-state index contributed by atoms with van der Waals surface area (Å²) in [5.41, 5.74) is 3.18. The maximum Gasteiger partial charge on any atom is 0.411 e. The number of methoxy groups -OCH3 is 1. The van der Waals surface area contributed by atoms with Crippen LogP contribution in [-0.4, -0.2) is 37.4 Å². The van der Waals surface area contributed by atoms with Crippen molar-refractivity contribution in [3.63, 3.8) is 0 Å². The zero-order valence-corrected chi connectivity index (χ0v) is 24.5. The predicted octanol–water partition coefficient (Wildman–Crippen LogP) is 6.37. The summed E-state index contributed by atoms with van der Waals surface area (Å²) in [6.45, 7) is 8.04. The monoisotopic (exact) mass is 586 g/mol. The van der Waals surface area contributed by atoms with Crippen LogP contribution in [0.25, 0.3) is 11.3 Å². The number of halogens is 1. The van der Waals surface area contributed by atoms with E-state index in [-0.39, 0.29) is 5.92 Å². The Kier molecular flexibility index (Phi) is 8.71. The average molecular weight is 588 g/mol. The van der Waals surface area contributed by atoms with Crippen molar-refractivity contribution in [1.29, 1.82) is 0 Å². The van der Waals surface area contributed by atoms with Crippen molar-refractivity contribution in [2.75, 3.05) is 19.0 Å². The third kappa shape index (κ3) is 7.42. The molecule has 2 aromatic heterocycles. The van der Waals surface area contributed by atoms with Crippen molar-refractivity contribution in [2.24, 2.45) is 5.92 Å². The highest BCUT2D eigenvalue weighted by molar-refractivity contribution is 9.10. The van der Waals surface area contributed by atoms with Crippen molar-refractivity contribution in [1.82, 2.24) is 9.55 Å². The molecule has 0 spiro atoms. The minimum Gasteiger partial charge on any atom is -0.618 e. The number of hydrogen-bond donors (Lipinski definition) is 1. The van der Waals surface area contributed by atoms with Crippen LogP contribution in [0.3, 0.4) is 0 Å². The van der Waals surface area contributed by atoms with E-state index in [2.05, 4.69) is 50.2 Å². The second kappa shape index (κ2) is 11.8. The number of nitrogens with zero attached hydrogens (tertiary/aromatic N) is 3. The van der Waals surface area contributed by atoms with Gasteiger partial charge in [0.2, 0.25) is 5.69 Å². The Bertz CT molecular complexity index is 1220. The lowest BCUT2D eigenvalue weighted by molar-refractivity contribution is -0.615. The standard InChI is InChI=1S/C27H35BrN4O4Si/c1-35-27(33)30-22-10-7-20(8-11-22)25-16-29-26(31(25)18-36-13-14-37(2,3)4)23(15-19-5-6-19)24-12-9-21(28)17-32(24)34/h7-12,16-17,19,23H,5-6,13-15,18H2,1-4H3,(H,30,33). The van der Waals surface area contributed by atoms with E-state index in [1.165, 1.54) is 20.0 Å². The third-order valence-electron chi connectivity index (χ3n) is 6.56. The van der Waals surface area contributed by atoms with E-state index in [4.69, 9.17) is 9.72 Å². The molecule has 3 aromatic rings. The number of benzene rings is 1. The molecule has 0 aliphatic heterocycles. The first kappa shape index (κ1) is 27.3. The summed E-state index contributed by atoms with van der Waals surface area (Å²) in [6, 6.07) is 12.4. The van der Waals surface area contributed by atoms with Crippen LogP contribution in [0.15, 0.2) is 53.3 Å². The molecule has 1 saturated carbocycles. The van der Waals surface area contributed by atoms with E-state index in [0.717, 1.165) is 38.7 Å². The zero-order chi connectivity index (χ0) is 26.6. The molecule has 198 valence electrons. The highest BCUT2D eigenvalue weighted by Gasteiger charge is 2.34. The summed E-state index contributed by atoms with van der Waals surface area (Å²) in [5, 5.41) is 15.6. The second-order valence-corrected chi connectivity index (χ2v) is 17.3. The summed E-state index contributed by atoms with van der Waals surface area (Å²) < 4.78 is 14.7. The first-order chi connectivity index (χ1) is 17.6. The van der Waals surface area contributed by atoms with Gasteiger partial charge in [-0.3, -0.25) is 5.32 Å². The van der Waals surface area contributed by atoms with Gasteiger partial charge < -0.3 is 19.2 Å². The fourth-order valence-electron chi connectivity index (χ4n) is 4.24. The lowest BCUT2D eigenvalue weighted by Gasteiger charge is -2.20. The van der Waals surface area contributed by atoms with Crippen molar-refractivity contribution in [3.05, 3.63) is 70.0 Å². The number of rotatable bonds is 11. The van der Waals surface area contributed by atoms with Crippen molar-refractivity contribution in [2.45, 2.75) is 57.6 Å². The number of carbonyl (C=O) groups is 1. The molecule has 37 heavy (non-hydrogen) atoms. The van der Waals surface area contributed by atoms with Crippen LogP contribution in [0.2, 0.25) is 25.7 Å². The van der Waals surface area contributed by atoms with Gasteiger partial charge in [-0.25, -0.2) is 9.78 Å². The minimum absolute atomic E-state index is 0.146. The fraction of sp³-hybridized carbons (Fsp3) is 0.444. The number of amides is 1. The Morgan fingerprint density at radius 1 is 1.24 bits per heavy atom. The van der Waals surface area contributed by atoms with Gasteiger partial charge in [0.15, 0.2) is 6.20 Å². The van der Waals surface area contributed by atoms with Crippen LogP contribution in [-0.2, 0) is 16.2 Å². The topological polar surface area (TPSA) is 92.3 Å². The normalized spacial score (nSPS) is 14.4. The molecule has 0 bridgehead atoms. The molecule has 10 heteroatoms. The highest BCUT2D eigenvalue weighted by atomic mass is 79.9. The van der Waals surface area contributed by atoms with Gasteiger partial charge in [0.25, 0.3) is 0 Å². The van der Waals surface area contributed by atoms with Gasteiger partial charge in [-0.2, -0.15) is 4.73 Å². The molecule has 0 radical (unpaired) electrons. The van der Waals surface area contributed by atoms with Gasteiger partial charge >= 0.3 is 6.09 Å². The fourth-order valence-corrected chi connectivity index (χ4v) is 5.32. The zero-order valence-electron chi connectivity index (χ0n) is 21.9. The van der Waals surface area contributed by atoms with E-state index in [1.54, 1.807) is 6.20 Å². The van der Waals surface area contributed by atoms with E-state index in [9.17, 15) is 10.0 Å². The van der Waals surface area contributed by atoms with E-state index in [1.807, 2.05) is 42.6 Å². The summed E-state index contributed by atoms with van der Waals surface area (Å²) in [6.07, 6.45) is 6.13. The quantitative estimate of drug-likeness (QED) is 0.122. The van der Waals surface area contributed by atoms with Crippen molar-refractivity contribution >= 4 is 35.8 Å². The molecule has 1 unspecified atom stereocenters. The number of carbonyl (C=O) groups excluding carboxylic acids is 1. The SMILES string of the molecule is COC(=O)Nc1ccc(-c2cnc(C(CC3CC3)c3ccc(Br)c[n+]3[O-])n2COCC[Si](C)(C)C)cc1. The van der Waals surface area contributed by atoms with Gasteiger partial charge in [-0.15, -0.1) is 0 Å². The highest BCUT2D eigenvalue weighted by Crippen LogP contribution is 2.41. The molecular weight excluding hydrogens is 552 g/mol. The summed E-state index contributed by atoms with van der Waals surface area (Å²) in [4.78, 5) is 16.4. The molecule has 1 atom stereocenters. The third-order valence-corrected chi connectivity index (χ3v) is 8.73.